The number of carbonyl (C=O) groups is 2. The predicted octanol–water partition coefficient (Wildman–Crippen LogP) is 2.30. The Bertz CT molecular complexity index is 962. The molecule has 1 aromatic heterocycles. The third-order valence-corrected chi connectivity index (χ3v) is 4.65. The monoisotopic (exact) mass is 338 g/mol. The number of ether oxygens (including phenoxy) is 1. The van der Waals surface area contributed by atoms with Crippen LogP contribution in [0.25, 0.3) is 21.9 Å². The molecular weight excluding hydrogens is 320 g/mol. The molecule has 2 heterocycles. The smallest absolute Gasteiger partial charge is 0.260 e. The summed E-state index contributed by atoms with van der Waals surface area (Å²) in [5.41, 5.74) is 6.90. The lowest BCUT2D eigenvalue weighted by Crippen LogP contribution is -2.34. The second kappa shape index (κ2) is 6.12. The van der Waals surface area contributed by atoms with Crippen LogP contribution in [0.2, 0.25) is 0 Å². The fourth-order valence-electron chi connectivity index (χ4n) is 3.25. The number of furan rings is 1. The number of primary amides is 1. The molecule has 2 amide bonds. The van der Waals surface area contributed by atoms with E-state index < -0.39 is 0 Å². The van der Waals surface area contributed by atoms with Crippen LogP contribution in [0.15, 0.2) is 46.9 Å². The number of amides is 2. The fourth-order valence-corrected chi connectivity index (χ4v) is 3.25. The molecule has 3 aromatic rings. The van der Waals surface area contributed by atoms with Gasteiger partial charge < -0.3 is 19.8 Å². The van der Waals surface area contributed by atoms with Gasteiger partial charge in [-0.1, -0.05) is 18.2 Å². The molecule has 0 radical (unpaired) electrons. The van der Waals surface area contributed by atoms with Crippen LogP contribution in [0.5, 0.6) is 5.75 Å². The van der Waals surface area contributed by atoms with E-state index in [1.54, 1.807) is 11.0 Å². The van der Waals surface area contributed by atoms with Gasteiger partial charge in [-0.3, -0.25) is 9.59 Å². The minimum absolute atomic E-state index is 0.0627. The van der Waals surface area contributed by atoms with E-state index in [1.165, 1.54) is 0 Å². The summed E-state index contributed by atoms with van der Waals surface area (Å²) in [6, 6.07) is 13.3. The number of fused-ring (bicyclic) bond motifs is 3. The summed E-state index contributed by atoms with van der Waals surface area (Å²) < 4.78 is 11.4. The quantitative estimate of drug-likeness (QED) is 0.791. The number of benzene rings is 2. The maximum Gasteiger partial charge on any atom is 0.260 e. The van der Waals surface area contributed by atoms with Crippen molar-refractivity contribution >= 4 is 33.8 Å². The molecule has 6 heteroatoms. The third-order valence-electron chi connectivity index (χ3n) is 4.65. The number of rotatable bonds is 4. The van der Waals surface area contributed by atoms with E-state index in [1.807, 2.05) is 36.4 Å². The summed E-state index contributed by atoms with van der Waals surface area (Å²) in [6.07, 6.45) is 0.619. The van der Waals surface area contributed by atoms with Gasteiger partial charge in [0, 0.05) is 23.9 Å². The molecule has 4 rings (SSSR count). The summed E-state index contributed by atoms with van der Waals surface area (Å²) in [4.78, 5) is 25.1. The van der Waals surface area contributed by atoms with Gasteiger partial charge in [-0.2, -0.15) is 0 Å². The van der Waals surface area contributed by atoms with Crippen molar-refractivity contribution in [1.82, 2.24) is 4.90 Å². The molecule has 1 fully saturated rings. The number of nitrogens with two attached hydrogens (primary N) is 1. The van der Waals surface area contributed by atoms with Crippen molar-refractivity contribution in [3.05, 3.63) is 42.5 Å². The van der Waals surface area contributed by atoms with E-state index in [4.69, 9.17) is 14.9 Å². The topological polar surface area (TPSA) is 85.8 Å². The molecule has 6 nitrogen and oxygen atoms in total. The highest BCUT2D eigenvalue weighted by atomic mass is 16.5. The van der Waals surface area contributed by atoms with E-state index in [9.17, 15) is 9.59 Å². The van der Waals surface area contributed by atoms with Gasteiger partial charge >= 0.3 is 0 Å². The van der Waals surface area contributed by atoms with Crippen molar-refractivity contribution in [2.45, 2.75) is 6.42 Å². The lowest BCUT2D eigenvalue weighted by Gasteiger charge is -2.16. The van der Waals surface area contributed by atoms with Crippen LogP contribution in [0.3, 0.4) is 0 Å². The SMILES string of the molecule is NC(=O)C1CCN(C(=O)COc2ccc3oc4ccccc4c3c2)C1. The highest BCUT2D eigenvalue weighted by Gasteiger charge is 2.29. The van der Waals surface area contributed by atoms with Crippen LogP contribution in [0.1, 0.15) is 6.42 Å². The van der Waals surface area contributed by atoms with E-state index in [0.29, 0.717) is 25.3 Å². The molecule has 1 aliphatic rings. The molecular formula is C19H18N2O4. The Kier molecular flexibility index (Phi) is 3.80. The molecule has 1 atom stereocenters. The van der Waals surface area contributed by atoms with Gasteiger partial charge in [0.05, 0.1) is 5.92 Å². The fraction of sp³-hybridized carbons (Fsp3) is 0.263. The molecule has 128 valence electrons. The first-order chi connectivity index (χ1) is 12.1. The first-order valence-corrected chi connectivity index (χ1v) is 8.23. The largest absolute Gasteiger partial charge is 0.484 e. The molecule has 0 saturated carbocycles. The van der Waals surface area contributed by atoms with Crippen molar-refractivity contribution < 1.29 is 18.7 Å². The zero-order valence-electron chi connectivity index (χ0n) is 13.6. The normalized spacial score (nSPS) is 17.3. The van der Waals surface area contributed by atoms with Crippen LogP contribution in [0.4, 0.5) is 0 Å². The molecule has 1 aliphatic heterocycles. The highest BCUT2D eigenvalue weighted by Crippen LogP contribution is 2.31. The number of para-hydroxylation sites is 1. The lowest BCUT2D eigenvalue weighted by molar-refractivity contribution is -0.132. The minimum atomic E-state index is -0.353. The Labute approximate surface area is 144 Å². The Balaban J connectivity index is 1.47. The molecule has 0 bridgehead atoms. The zero-order valence-corrected chi connectivity index (χ0v) is 13.6. The summed E-state index contributed by atoms with van der Waals surface area (Å²) in [5.74, 6) is -0.134. The maximum atomic E-state index is 12.2. The van der Waals surface area contributed by atoms with E-state index in [-0.39, 0.29) is 24.3 Å². The average Bonchev–Trinajstić information content (AvgIpc) is 3.24. The second-order valence-corrected chi connectivity index (χ2v) is 6.27. The molecule has 0 aliphatic carbocycles. The van der Waals surface area contributed by atoms with Crippen molar-refractivity contribution in [3.8, 4) is 5.75 Å². The predicted molar refractivity (Wildman–Crippen MR) is 93.1 cm³/mol. The first kappa shape index (κ1) is 15.5. The Morgan fingerprint density at radius 3 is 2.76 bits per heavy atom. The van der Waals surface area contributed by atoms with Gasteiger partial charge in [-0.15, -0.1) is 0 Å². The molecule has 2 N–H and O–H groups in total. The number of carbonyl (C=O) groups excluding carboxylic acids is 2. The van der Waals surface area contributed by atoms with Gasteiger partial charge in [0.15, 0.2) is 6.61 Å². The summed E-state index contributed by atoms with van der Waals surface area (Å²) >= 11 is 0. The van der Waals surface area contributed by atoms with E-state index in [0.717, 1.165) is 21.9 Å². The van der Waals surface area contributed by atoms with E-state index in [2.05, 4.69) is 0 Å². The van der Waals surface area contributed by atoms with Gasteiger partial charge in [-0.25, -0.2) is 0 Å². The van der Waals surface area contributed by atoms with Crippen LogP contribution >= 0.6 is 0 Å². The summed E-state index contributed by atoms with van der Waals surface area (Å²) in [5, 5.41) is 1.97. The van der Waals surface area contributed by atoms with E-state index >= 15 is 0 Å². The maximum absolute atomic E-state index is 12.2. The van der Waals surface area contributed by atoms with Crippen molar-refractivity contribution in [2.75, 3.05) is 19.7 Å². The van der Waals surface area contributed by atoms with Gasteiger partial charge in [-0.05, 0) is 30.7 Å². The molecule has 1 unspecified atom stereocenters. The van der Waals surface area contributed by atoms with Gasteiger partial charge in [0.1, 0.15) is 16.9 Å². The van der Waals surface area contributed by atoms with Crippen molar-refractivity contribution in [3.63, 3.8) is 0 Å². The number of nitrogens with zero attached hydrogens (tertiary/aromatic N) is 1. The van der Waals surface area contributed by atoms with Crippen LogP contribution in [0, 0.1) is 5.92 Å². The van der Waals surface area contributed by atoms with Crippen LogP contribution < -0.4 is 10.5 Å². The number of hydrogen-bond acceptors (Lipinski definition) is 4. The van der Waals surface area contributed by atoms with Crippen LogP contribution in [-0.4, -0.2) is 36.4 Å². The average molecular weight is 338 g/mol. The molecule has 1 saturated heterocycles. The molecule has 25 heavy (non-hydrogen) atoms. The van der Waals surface area contributed by atoms with Crippen molar-refractivity contribution in [1.29, 1.82) is 0 Å². The van der Waals surface area contributed by atoms with Gasteiger partial charge in [0.25, 0.3) is 5.91 Å². The summed E-state index contributed by atoms with van der Waals surface area (Å²) in [6.45, 7) is 0.858. The molecule has 2 aromatic carbocycles. The highest BCUT2D eigenvalue weighted by molar-refractivity contribution is 6.05. The number of likely N-dealkylation sites (tertiary alicyclic amines) is 1. The Morgan fingerprint density at radius 1 is 1.16 bits per heavy atom. The standard InChI is InChI=1S/C19H18N2O4/c20-19(23)12-7-8-21(10-12)18(22)11-24-13-5-6-17-15(9-13)14-3-1-2-4-16(14)25-17/h1-6,9,12H,7-8,10-11H2,(H2,20,23). The van der Waals surface area contributed by atoms with Crippen LogP contribution in [-0.2, 0) is 9.59 Å². The van der Waals surface area contributed by atoms with Crippen molar-refractivity contribution in [2.24, 2.45) is 11.7 Å². The number of hydrogen-bond donors (Lipinski definition) is 1. The Hall–Kier alpha value is -3.02. The minimum Gasteiger partial charge on any atom is -0.484 e. The third kappa shape index (κ3) is 2.91. The molecule has 0 spiro atoms. The second-order valence-electron chi connectivity index (χ2n) is 6.27. The lowest BCUT2D eigenvalue weighted by atomic mass is 10.1. The zero-order chi connectivity index (χ0) is 17.4. The van der Waals surface area contributed by atoms with Gasteiger partial charge in [0.2, 0.25) is 5.91 Å². The Morgan fingerprint density at radius 2 is 1.96 bits per heavy atom. The summed E-state index contributed by atoms with van der Waals surface area (Å²) in [7, 11) is 0. The first-order valence-electron chi connectivity index (χ1n) is 8.23.